The summed E-state index contributed by atoms with van der Waals surface area (Å²) in [6, 6.07) is 7.78. The Balaban J connectivity index is 0.000000395. The Morgan fingerprint density at radius 1 is 0.424 bits per heavy atom. The van der Waals surface area contributed by atoms with Crippen molar-refractivity contribution < 1.29 is 102 Å². The second-order valence-electron chi connectivity index (χ2n) is 11.7. The van der Waals surface area contributed by atoms with Crippen molar-refractivity contribution in [2.75, 3.05) is 11.9 Å². The molecule has 0 N–H and O–H groups in total. The van der Waals surface area contributed by atoms with Crippen molar-refractivity contribution in [2.45, 2.75) is 6.42 Å². The summed E-state index contributed by atoms with van der Waals surface area (Å²) < 4.78 is 301. The van der Waals surface area contributed by atoms with E-state index < -0.39 is 144 Å². The van der Waals surface area contributed by atoms with Gasteiger partial charge >= 0.3 is 11.9 Å². The molecule has 0 aliphatic rings. The Bertz CT molecular complexity index is 2270. The van der Waals surface area contributed by atoms with Crippen LogP contribution in [0.3, 0.4) is 0 Å². The number of fused-ring (bicyclic) bond motifs is 1. The molecule has 6 rings (SSSR count). The SMILES string of the molecule is BrCCCO[n+]1coc2ccccc21.Fc1c(F)c(F)c([B-](c2c(F)c(F)c(F)c(F)c2F)(c2c(F)c(F)c(F)c(F)c2F)c2c(F)c(F)c(F)c(F)c2F)c(F)c1F. The largest absolute Gasteiger partial charge is 0.400 e. The van der Waals surface area contributed by atoms with Crippen molar-refractivity contribution in [1.29, 1.82) is 0 Å². The number of alkyl halides is 1. The number of halogens is 21. The van der Waals surface area contributed by atoms with E-state index in [1.54, 1.807) is 11.1 Å². The molecule has 0 saturated carbocycles. The molecule has 3 nitrogen and oxygen atoms in total. The predicted octanol–water partition coefficient (Wildman–Crippen LogP) is 7.78. The van der Waals surface area contributed by atoms with Gasteiger partial charge in [-0.25, -0.2) is 87.8 Å². The molecule has 0 atom stereocenters. The van der Waals surface area contributed by atoms with Crippen LogP contribution in [0, 0.1) is 116 Å². The van der Waals surface area contributed by atoms with E-state index in [0.717, 1.165) is 22.9 Å². The van der Waals surface area contributed by atoms with Crippen LogP contribution in [0.2, 0.25) is 0 Å². The molecule has 0 aliphatic heterocycles. The van der Waals surface area contributed by atoms with Crippen LogP contribution in [0.15, 0.2) is 35.1 Å². The first-order valence-corrected chi connectivity index (χ1v) is 16.5. The van der Waals surface area contributed by atoms with Crippen LogP contribution in [0.4, 0.5) is 87.8 Å². The first-order chi connectivity index (χ1) is 27.6. The van der Waals surface area contributed by atoms with Gasteiger partial charge in [-0.3, -0.25) is 4.84 Å². The molecular formula is C34H11BBrF20NO2. The lowest BCUT2D eigenvalue weighted by molar-refractivity contribution is -0.874. The quantitative estimate of drug-likeness (QED) is 0.0297. The fraction of sp³-hybridized carbons (Fsp3) is 0.0882. The second-order valence-corrected chi connectivity index (χ2v) is 12.5. The van der Waals surface area contributed by atoms with Gasteiger partial charge in [0, 0.05) is 11.4 Å². The molecule has 0 fully saturated rings. The normalized spacial score (nSPS) is 11.7. The molecule has 0 saturated heterocycles. The zero-order chi connectivity index (χ0) is 44.2. The summed E-state index contributed by atoms with van der Waals surface area (Å²) in [5.41, 5.74) is -12.5. The molecule has 1 aromatic heterocycles. The first-order valence-electron chi connectivity index (χ1n) is 15.4. The van der Waals surface area contributed by atoms with Crippen LogP contribution < -0.4 is 31.4 Å². The van der Waals surface area contributed by atoms with Crippen molar-refractivity contribution in [3.63, 3.8) is 0 Å². The first kappa shape index (κ1) is 44.6. The Kier molecular flexibility index (Phi) is 12.6. The van der Waals surface area contributed by atoms with Gasteiger partial charge in [-0.1, -0.05) is 28.1 Å². The maximum atomic E-state index is 15.4. The summed E-state index contributed by atoms with van der Waals surface area (Å²) >= 11 is 3.35. The summed E-state index contributed by atoms with van der Waals surface area (Å²) in [5.74, 6) is -71.4. The highest BCUT2D eigenvalue weighted by Crippen LogP contribution is 2.30. The van der Waals surface area contributed by atoms with E-state index in [1.807, 2.05) is 24.3 Å². The van der Waals surface area contributed by atoms with Gasteiger partial charge in [0.25, 0.3) is 0 Å². The summed E-state index contributed by atoms with van der Waals surface area (Å²) in [6.45, 7) is 0.680. The van der Waals surface area contributed by atoms with Crippen LogP contribution in [0.1, 0.15) is 6.42 Å². The van der Waals surface area contributed by atoms with Crippen LogP contribution in [0.25, 0.3) is 11.1 Å². The molecule has 0 spiro atoms. The summed E-state index contributed by atoms with van der Waals surface area (Å²) in [4.78, 5) is 5.49. The van der Waals surface area contributed by atoms with E-state index in [-0.39, 0.29) is 0 Å². The lowest BCUT2D eigenvalue weighted by Crippen LogP contribution is -2.81. The standard InChI is InChI=1S/C24BF20.C10H11BrNO2/c26-5-1(6(27)14(35)21(42)13(5)34)25(2-7(28)15(36)22(43)16(37)8(2)29,3-9(30)17(38)23(44)18(39)10(3)31)4-11(32)19(40)24(45)20(41)12(4)33;11-6-3-7-14-12-8-13-10-5-2-1-4-9(10)12/h;1-2,4-5,8H,3,6-7H2/q-1;+1. The van der Waals surface area contributed by atoms with Gasteiger partial charge in [-0.2, -0.15) is 0 Å². The number of benzene rings is 5. The average molecular weight is 936 g/mol. The Morgan fingerprint density at radius 2 is 0.695 bits per heavy atom. The van der Waals surface area contributed by atoms with E-state index in [0.29, 0.717) is 6.61 Å². The molecule has 0 radical (unpaired) electrons. The third-order valence-electron chi connectivity index (χ3n) is 8.59. The number of aromatic nitrogens is 1. The lowest BCUT2D eigenvalue weighted by atomic mass is 9.12. The van der Waals surface area contributed by atoms with Crippen molar-refractivity contribution in [1.82, 2.24) is 0 Å². The van der Waals surface area contributed by atoms with E-state index in [2.05, 4.69) is 15.9 Å². The third kappa shape index (κ3) is 6.88. The molecule has 314 valence electrons. The van der Waals surface area contributed by atoms with Crippen molar-refractivity contribution in [2.24, 2.45) is 0 Å². The summed E-state index contributed by atoms with van der Waals surface area (Å²) in [6.07, 6.45) is -4.66. The number of hydrogen-bond acceptors (Lipinski definition) is 2. The highest BCUT2D eigenvalue weighted by Gasteiger charge is 2.52. The monoisotopic (exact) mass is 935 g/mol. The van der Waals surface area contributed by atoms with E-state index in [1.165, 1.54) is 0 Å². The highest BCUT2D eigenvalue weighted by molar-refractivity contribution is 9.09. The number of nitrogens with zero attached hydrogens (tertiary/aromatic N) is 1. The topological polar surface area (TPSA) is 26.2 Å². The number of rotatable bonds is 8. The molecule has 5 aromatic carbocycles. The van der Waals surface area contributed by atoms with Crippen molar-refractivity contribution in [3.05, 3.63) is 147 Å². The molecule has 25 heteroatoms. The average Bonchev–Trinajstić information content (AvgIpc) is 3.64. The number of para-hydroxylation sites is 2. The van der Waals surface area contributed by atoms with E-state index >= 15 is 35.1 Å². The molecule has 6 aromatic rings. The molecule has 0 aliphatic carbocycles. The predicted molar refractivity (Wildman–Crippen MR) is 165 cm³/mol. The summed E-state index contributed by atoms with van der Waals surface area (Å²) in [7, 11) is 0. The van der Waals surface area contributed by atoms with Gasteiger partial charge in [0.05, 0.1) is 4.73 Å². The second kappa shape index (κ2) is 16.6. The Hall–Kier alpha value is -5.49. The van der Waals surface area contributed by atoms with E-state index in [4.69, 9.17) is 9.25 Å². The van der Waals surface area contributed by atoms with Gasteiger partial charge < -0.3 is 4.42 Å². The molecular weight excluding hydrogens is 925 g/mol. The fourth-order valence-corrected chi connectivity index (χ4v) is 6.32. The van der Waals surface area contributed by atoms with Gasteiger partial charge in [0.2, 0.25) is 5.58 Å². The third-order valence-corrected chi connectivity index (χ3v) is 9.15. The maximum absolute atomic E-state index is 15.4. The van der Waals surface area contributed by atoms with Gasteiger partial charge in [0.15, 0.2) is 76.4 Å². The molecule has 0 unspecified atom stereocenters. The smallest absolute Gasteiger partial charge is 0.385 e. The van der Waals surface area contributed by atoms with Gasteiger partial charge in [0.1, 0.15) is 52.7 Å². The number of oxazole rings is 1. The van der Waals surface area contributed by atoms with Gasteiger partial charge in [-0.05, 0) is 12.5 Å². The minimum Gasteiger partial charge on any atom is -0.400 e. The zero-order valence-corrected chi connectivity index (χ0v) is 29.4. The minimum atomic E-state index is -7.22. The fourth-order valence-electron chi connectivity index (χ4n) is 6.09. The maximum Gasteiger partial charge on any atom is 0.385 e. The molecule has 1 heterocycles. The van der Waals surface area contributed by atoms with Crippen LogP contribution >= 0.6 is 15.9 Å². The van der Waals surface area contributed by atoms with Crippen molar-refractivity contribution >= 4 is 55.0 Å². The zero-order valence-electron chi connectivity index (χ0n) is 27.8. The molecule has 59 heavy (non-hydrogen) atoms. The van der Waals surface area contributed by atoms with Crippen LogP contribution in [-0.2, 0) is 0 Å². The highest BCUT2D eigenvalue weighted by atomic mass is 79.9. The molecule has 0 bridgehead atoms. The minimum absolute atomic E-state index is 0.680. The lowest BCUT2D eigenvalue weighted by Gasteiger charge is -2.44. The Morgan fingerprint density at radius 3 is 0.983 bits per heavy atom. The Labute approximate surface area is 322 Å². The summed E-state index contributed by atoms with van der Waals surface area (Å²) in [5, 5.41) is 0.948. The molecule has 0 amide bonds. The van der Waals surface area contributed by atoms with Crippen LogP contribution in [-0.4, -0.2) is 18.1 Å². The van der Waals surface area contributed by atoms with Crippen LogP contribution in [0.5, 0.6) is 0 Å². The van der Waals surface area contributed by atoms with Gasteiger partial charge in [-0.15, -0.1) is 21.9 Å². The number of hydrogen-bond donors (Lipinski definition) is 0. The van der Waals surface area contributed by atoms with Crippen molar-refractivity contribution in [3.8, 4) is 0 Å². The van der Waals surface area contributed by atoms with E-state index in [9.17, 15) is 52.7 Å².